The molecular weight excluding hydrogens is 447 g/mol. The molecular formula is C24H22Cl2N4O2. The molecule has 1 unspecified atom stereocenters. The molecule has 0 radical (unpaired) electrons. The minimum atomic E-state index is -0.511. The van der Waals surface area contributed by atoms with E-state index in [4.69, 9.17) is 38.0 Å². The monoisotopic (exact) mass is 468 g/mol. The Labute approximate surface area is 196 Å². The second-order valence-corrected chi connectivity index (χ2v) is 9.72. The summed E-state index contributed by atoms with van der Waals surface area (Å²) in [5.74, 6) is 1.88. The van der Waals surface area contributed by atoms with Crippen molar-refractivity contribution in [1.82, 2.24) is 14.8 Å². The molecule has 1 N–H and O–H groups in total. The summed E-state index contributed by atoms with van der Waals surface area (Å²) in [5, 5.41) is 9.01. The van der Waals surface area contributed by atoms with Crippen LogP contribution in [0.4, 0.5) is 5.95 Å². The number of aromatic nitrogens is 3. The van der Waals surface area contributed by atoms with Gasteiger partial charge in [0.05, 0.1) is 17.2 Å². The molecule has 3 aromatic rings. The van der Waals surface area contributed by atoms with Crippen LogP contribution in [0.5, 0.6) is 5.75 Å². The first-order valence-electron chi connectivity index (χ1n) is 10.4. The third-order valence-electron chi connectivity index (χ3n) is 5.94. The van der Waals surface area contributed by atoms with Gasteiger partial charge in [0.25, 0.3) is 0 Å². The van der Waals surface area contributed by atoms with Gasteiger partial charge < -0.3 is 10.1 Å². The predicted molar refractivity (Wildman–Crippen MR) is 125 cm³/mol. The number of rotatable bonds is 3. The van der Waals surface area contributed by atoms with Crippen LogP contribution in [0.25, 0.3) is 11.4 Å². The minimum Gasteiger partial charge on any atom is -0.497 e. The fourth-order valence-corrected chi connectivity index (χ4v) is 4.92. The van der Waals surface area contributed by atoms with E-state index in [2.05, 4.69) is 19.2 Å². The fraction of sp³-hybridized carbons (Fsp3) is 0.292. The number of hydrogen-bond acceptors (Lipinski definition) is 5. The number of benzene rings is 2. The number of anilines is 1. The third-order valence-corrected chi connectivity index (χ3v) is 6.77. The Morgan fingerprint density at radius 1 is 1.16 bits per heavy atom. The number of hydrogen-bond donors (Lipinski definition) is 1. The van der Waals surface area contributed by atoms with Gasteiger partial charge in [-0.15, -0.1) is 5.10 Å². The molecule has 0 saturated carbocycles. The lowest BCUT2D eigenvalue weighted by Crippen LogP contribution is -2.36. The molecule has 8 heteroatoms. The van der Waals surface area contributed by atoms with E-state index in [9.17, 15) is 4.79 Å². The Hall–Kier alpha value is -2.83. The van der Waals surface area contributed by atoms with Gasteiger partial charge in [-0.3, -0.25) is 4.79 Å². The summed E-state index contributed by atoms with van der Waals surface area (Å²) < 4.78 is 7.09. The molecule has 2 heterocycles. The van der Waals surface area contributed by atoms with Crippen molar-refractivity contribution in [2.75, 3.05) is 12.4 Å². The zero-order chi connectivity index (χ0) is 22.6. The number of Topliss-reactive ketones (excluding diaryl/α,β-unsaturated/α-hetero) is 1. The normalized spacial score (nSPS) is 19.3. The molecule has 0 spiro atoms. The Bertz CT molecular complexity index is 1280. The fourth-order valence-electron chi connectivity index (χ4n) is 4.51. The predicted octanol–water partition coefficient (Wildman–Crippen LogP) is 5.92. The number of nitrogens with zero attached hydrogens (tertiary/aromatic N) is 3. The summed E-state index contributed by atoms with van der Waals surface area (Å²) >= 11 is 13.0. The number of ether oxygens (including phenoxy) is 1. The van der Waals surface area contributed by atoms with Gasteiger partial charge in [-0.05, 0) is 30.0 Å². The van der Waals surface area contributed by atoms with Gasteiger partial charge in [0, 0.05) is 28.8 Å². The molecule has 1 aliphatic carbocycles. The second-order valence-electron chi connectivity index (χ2n) is 8.94. The van der Waals surface area contributed by atoms with E-state index < -0.39 is 6.04 Å². The molecule has 0 fully saturated rings. The first kappa shape index (κ1) is 21.0. The molecule has 2 aliphatic rings. The van der Waals surface area contributed by atoms with Gasteiger partial charge in [0.2, 0.25) is 5.95 Å². The summed E-state index contributed by atoms with van der Waals surface area (Å²) in [6.07, 6.45) is 1.18. The van der Waals surface area contributed by atoms with Crippen molar-refractivity contribution in [2.24, 2.45) is 5.41 Å². The quantitative estimate of drug-likeness (QED) is 0.516. The van der Waals surface area contributed by atoms with Gasteiger partial charge in [-0.2, -0.15) is 4.98 Å². The van der Waals surface area contributed by atoms with Crippen LogP contribution in [0.3, 0.4) is 0 Å². The van der Waals surface area contributed by atoms with E-state index in [0.717, 1.165) is 23.2 Å². The lowest BCUT2D eigenvalue weighted by molar-refractivity contribution is -0.118. The van der Waals surface area contributed by atoms with E-state index in [0.29, 0.717) is 39.6 Å². The highest BCUT2D eigenvalue weighted by Crippen LogP contribution is 2.47. The van der Waals surface area contributed by atoms with Crippen LogP contribution in [0, 0.1) is 5.41 Å². The standard InChI is InChI=1S/C24H22Cl2N4O2/c1-24(2)11-17-19(18(31)12-24)21(15-8-5-9-16(25)20(15)26)30-23(27-17)28-22(29-30)13-6-4-7-14(10-13)32-3/h4-10,21H,11-12H2,1-3H3,(H,27,28,29). The molecule has 5 rings (SSSR count). The van der Waals surface area contributed by atoms with Gasteiger partial charge in [-0.25, -0.2) is 4.68 Å². The first-order chi connectivity index (χ1) is 15.3. The highest BCUT2D eigenvalue weighted by Gasteiger charge is 2.42. The van der Waals surface area contributed by atoms with Crippen LogP contribution in [0.15, 0.2) is 53.7 Å². The lowest BCUT2D eigenvalue weighted by Gasteiger charge is -2.38. The molecule has 0 bridgehead atoms. The summed E-state index contributed by atoms with van der Waals surface area (Å²) in [6, 6.07) is 12.5. The zero-order valence-electron chi connectivity index (χ0n) is 17.9. The molecule has 164 valence electrons. The minimum absolute atomic E-state index is 0.0777. The number of fused-ring (bicyclic) bond motifs is 1. The van der Waals surface area contributed by atoms with Crippen LogP contribution in [0.1, 0.15) is 38.3 Å². The van der Waals surface area contributed by atoms with E-state index in [1.54, 1.807) is 17.9 Å². The number of allylic oxidation sites excluding steroid dienone is 2. The van der Waals surface area contributed by atoms with E-state index in [-0.39, 0.29) is 11.2 Å². The van der Waals surface area contributed by atoms with Crippen LogP contribution < -0.4 is 10.1 Å². The zero-order valence-corrected chi connectivity index (χ0v) is 19.5. The Morgan fingerprint density at radius 2 is 1.94 bits per heavy atom. The van der Waals surface area contributed by atoms with E-state index >= 15 is 0 Å². The van der Waals surface area contributed by atoms with Crippen molar-refractivity contribution in [2.45, 2.75) is 32.7 Å². The highest BCUT2D eigenvalue weighted by molar-refractivity contribution is 6.42. The Balaban J connectivity index is 1.71. The summed E-state index contributed by atoms with van der Waals surface area (Å²) in [7, 11) is 1.62. The van der Waals surface area contributed by atoms with Crippen molar-refractivity contribution in [3.05, 3.63) is 69.3 Å². The maximum atomic E-state index is 13.3. The summed E-state index contributed by atoms with van der Waals surface area (Å²) in [5.41, 5.74) is 2.93. The number of carbonyl (C=O) groups is 1. The molecule has 2 aromatic carbocycles. The topological polar surface area (TPSA) is 69.0 Å². The number of ketones is 1. The number of nitrogens with one attached hydrogen (secondary N) is 1. The average Bonchev–Trinajstić information content (AvgIpc) is 3.17. The Morgan fingerprint density at radius 3 is 2.72 bits per heavy atom. The van der Waals surface area contributed by atoms with Gasteiger partial charge in [0.15, 0.2) is 11.6 Å². The van der Waals surface area contributed by atoms with E-state index in [1.165, 1.54) is 0 Å². The number of carbonyl (C=O) groups excluding carboxylic acids is 1. The number of halogens is 2. The molecule has 1 aliphatic heterocycles. The first-order valence-corrected chi connectivity index (χ1v) is 11.1. The molecule has 6 nitrogen and oxygen atoms in total. The number of methoxy groups -OCH3 is 1. The SMILES string of the molecule is COc1cccc(-c2nc3n(n2)C(c2cccc(Cl)c2Cl)C2=C(CC(C)(C)CC2=O)N3)c1. The van der Waals surface area contributed by atoms with Gasteiger partial charge >= 0.3 is 0 Å². The van der Waals surface area contributed by atoms with Crippen molar-refractivity contribution >= 4 is 34.9 Å². The second kappa shape index (κ2) is 7.64. The largest absolute Gasteiger partial charge is 0.497 e. The Kier molecular flexibility index (Phi) is 5.02. The maximum absolute atomic E-state index is 13.3. The van der Waals surface area contributed by atoms with Gasteiger partial charge in [0.1, 0.15) is 11.8 Å². The molecule has 1 atom stereocenters. The van der Waals surface area contributed by atoms with Crippen molar-refractivity contribution in [1.29, 1.82) is 0 Å². The summed E-state index contributed by atoms with van der Waals surface area (Å²) in [4.78, 5) is 18.1. The van der Waals surface area contributed by atoms with Crippen molar-refractivity contribution < 1.29 is 9.53 Å². The van der Waals surface area contributed by atoms with Crippen LogP contribution in [0.2, 0.25) is 10.0 Å². The van der Waals surface area contributed by atoms with Crippen molar-refractivity contribution in [3.63, 3.8) is 0 Å². The van der Waals surface area contributed by atoms with Crippen LogP contribution in [-0.2, 0) is 4.79 Å². The maximum Gasteiger partial charge on any atom is 0.226 e. The highest BCUT2D eigenvalue weighted by atomic mass is 35.5. The smallest absolute Gasteiger partial charge is 0.226 e. The van der Waals surface area contributed by atoms with Crippen LogP contribution in [-0.4, -0.2) is 27.7 Å². The van der Waals surface area contributed by atoms with Crippen molar-refractivity contribution in [3.8, 4) is 17.1 Å². The van der Waals surface area contributed by atoms with Gasteiger partial charge in [-0.1, -0.05) is 61.3 Å². The molecule has 0 saturated heterocycles. The molecule has 32 heavy (non-hydrogen) atoms. The lowest BCUT2D eigenvalue weighted by atomic mass is 9.73. The summed E-state index contributed by atoms with van der Waals surface area (Å²) in [6.45, 7) is 4.19. The molecule has 0 amide bonds. The third kappa shape index (κ3) is 3.48. The average molecular weight is 469 g/mol. The van der Waals surface area contributed by atoms with Crippen LogP contribution >= 0.6 is 23.2 Å². The van der Waals surface area contributed by atoms with E-state index in [1.807, 2.05) is 36.4 Å². The molecule has 1 aromatic heterocycles.